The van der Waals surface area contributed by atoms with E-state index in [2.05, 4.69) is 41.1 Å². The summed E-state index contributed by atoms with van der Waals surface area (Å²) in [6, 6.07) is 10.3. The van der Waals surface area contributed by atoms with Gasteiger partial charge in [0.1, 0.15) is 0 Å². The van der Waals surface area contributed by atoms with Gasteiger partial charge in [-0.05, 0) is 30.4 Å². The highest BCUT2D eigenvalue weighted by Gasteiger charge is 2.34. The molecule has 7 heteroatoms. The molecule has 0 bridgehead atoms. The molecule has 146 valence electrons. The van der Waals surface area contributed by atoms with Crippen molar-refractivity contribution < 1.29 is 8.42 Å². The molecule has 0 N–H and O–H groups in total. The van der Waals surface area contributed by atoms with Crippen molar-refractivity contribution in [1.82, 2.24) is 18.5 Å². The molecular formula is C20H28N4O2S. The van der Waals surface area contributed by atoms with Gasteiger partial charge in [-0.1, -0.05) is 31.2 Å². The van der Waals surface area contributed by atoms with Crippen LogP contribution in [-0.4, -0.2) is 66.2 Å². The van der Waals surface area contributed by atoms with E-state index >= 15 is 0 Å². The molecule has 0 amide bonds. The molecule has 0 saturated carbocycles. The fourth-order valence-corrected chi connectivity index (χ4v) is 5.93. The van der Waals surface area contributed by atoms with Gasteiger partial charge in [0.15, 0.2) is 0 Å². The van der Waals surface area contributed by atoms with Crippen molar-refractivity contribution in [2.75, 3.05) is 39.3 Å². The SMILES string of the molecule is CC1CCCN(S(=O)(=O)N2CCN(Cc3cccc4cccnc34)CC2)C1. The number of hydrogen-bond acceptors (Lipinski definition) is 4. The van der Waals surface area contributed by atoms with Gasteiger partial charge in [0.2, 0.25) is 0 Å². The average molecular weight is 389 g/mol. The zero-order valence-electron chi connectivity index (χ0n) is 15.9. The van der Waals surface area contributed by atoms with E-state index in [1.165, 1.54) is 5.56 Å². The molecule has 4 rings (SSSR count). The van der Waals surface area contributed by atoms with Gasteiger partial charge in [-0.25, -0.2) is 0 Å². The summed E-state index contributed by atoms with van der Waals surface area (Å²) in [6.07, 6.45) is 3.92. The third-order valence-corrected chi connectivity index (χ3v) is 7.72. The van der Waals surface area contributed by atoms with E-state index in [-0.39, 0.29) is 0 Å². The van der Waals surface area contributed by atoms with Crippen molar-refractivity contribution in [3.05, 3.63) is 42.1 Å². The van der Waals surface area contributed by atoms with Crippen LogP contribution in [0.15, 0.2) is 36.5 Å². The lowest BCUT2D eigenvalue weighted by Gasteiger charge is -2.38. The van der Waals surface area contributed by atoms with E-state index in [0.29, 0.717) is 32.1 Å². The number of benzene rings is 1. The molecule has 1 unspecified atom stereocenters. The number of hydrogen-bond donors (Lipinski definition) is 0. The van der Waals surface area contributed by atoms with Crippen LogP contribution in [0.3, 0.4) is 0 Å². The lowest BCUT2D eigenvalue weighted by Crippen LogP contribution is -2.54. The second-order valence-electron chi connectivity index (χ2n) is 7.78. The highest BCUT2D eigenvalue weighted by atomic mass is 32.2. The minimum absolute atomic E-state index is 0.452. The van der Waals surface area contributed by atoms with Gasteiger partial charge in [0, 0.05) is 57.4 Å². The third kappa shape index (κ3) is 4.01. The van der Waals surface area contributed by atoms with Gasteiger partial charge in [0.05, 0.1) is 5.52 Å². The van der Waals surface area contributed by atoms with Crippen molar-refractivity contribution in [3.63, 3.8) is 0 Å². The monoisotopic (exact) mass is 388 g/mol. The molecule has 0 aliphatic carbocycles. The van der Waals surface area contributed by atoms with Gasteiger partial charge in [-0.15, -0.1) is 0 Å². The van der Waals surface area contributed by atoms with Gasteiger partial charge >= 0.3 is 0 Å². The van der Waals surface area contributed by atoms with Crippen LogP contribution in [0, 0.1) is 5.92 Å². The summed E-state index contributed by atoms with van der Waals surface area (Å²) in [5, 5.41) is 1.15. The van der Waals surface area contributed by atoms with Gasteiger partial charge in [0.25, 0.3) is 10.2 Å². The lowest BCUT2D eigenvalue weighted by molar-refractivity contribution is 0.170. The molecule has 6 nitrogen and oxygen atoms in total. The molecule has 27 heavy (non-hydrogen) atoms. The normalized spacial score (nSPS) is 23.7. The van der Waals surface area contributed by atoms with Crippen LogP contribution in [0.2, 0.25) is 0 Å². The van der Waals surface area contributed by atoms with E-state index in [0.717, 1.165) is 43.4 Å². The van der Waals surface area contributed by atoms with Gasteiger partial charge in [-0.2, -0.15) is 17.0 Å². The fourth-order valence-electron chi connectivity index (χ4n) is 4.17. The first kappa shape index (κ1) is 18.8. The molecule has 2 aromatic rings. The maximum absolute atomic E-state index is 12.9. The highest BCUT2D eigenvalue weighted by molar-refractivity contribution is 7.86. The Morgan fingerprint density at radius 2 is 1.81 bits per heavy atom. The molecule has 3 heterocycles. The quantitative estimate of drug-likeness (QED) is 0.807. The van der Waals surface area contributed by atoms with Gasteiger partial charge in [-0.3, -0.25) is 9.88 Å². The topological polar surface area (TPSA) is 56.8 Å². The Balaban J connectivity index is 1.40. The molecule has 2 aliphatic rings. The van der Waals surface area contributed by atoms with Crippen LogP contribution in [0.4, 0.5) is 0 Å². The zero-order valence-corrected chi connectivity index (χ0v) is 16.7. The van der Waals surface area contributed by atoms with Crippen LogP contribution in [0.25, 0.3) is 10.9 Å². The van der Waals surface area contributed by atoms with Crippen molar-refractivity contribution in [1.29, 1.82) is 0 Å². The van der Waals surface area contributed by atoms with E-state index in [9.17, 15) is 8.42 Å². The van der Waals surface area contributed by atoms with Crippen molar-refractivity contribution in [2.45, 2.75) is 26.3 Å². The Morgan fingerprint density at radius 3 is 2.59 bits per heavy atom. The number of para-hydroxylation sites is 1. The molecule has 0 spiro atoms. The van der Waals surface area contributed by atoms with Crippen LogP contribution >= 0.6 is 0 Å². The summed E-state index contributed by atoms with van der Waals surface area (Å²) in [7, 11) is -3.32. The Labute approximate surface area is 162 Å². The second-order valence-corrected chi connectivity index (χ2v) is 9.71. The van der Waals surface area contributed by atoms with Gasteiger partial charge < -0.3 is 0 Å². The average Bonchev–Trinajstić information content (AvgIpc) is 2.69. The summed E-state index contributed by atoms with van der Waals surface area (Å²) in [4.78, 5) is 6.86. The number of rotatable bonds is 4. The molecule has 1 aromatic carbocycles. The Hall–Kier alpha value is -1.54. The van der Waals surface area contributed by atoms with Crippen molar-refractivity contribution in [3.8, 4) is 0 Å². The minimum Gasteiger partial charge on any atom is -0.296 e. The summed E-state index contributed by atoms with van der Waals surface area (Å²) in [5.74, 6) is 0.452. The predicted molar refractivity (Wildman–Crippen MR) is 107 cm³/mol. The number of fused-ring (bicyclic) bond motifs is 1. The standard InChI is InChI=1S/C20H28N4O2S/c1-17-5-4-10-24(15-17)27(25,26)23-13-11-22(12-14-23)16-19-7-2-6-18-8-3-9-21-20(18)19/h2-3,6-9,17H,4-5,10-16H2,1H3. The largest absolute Gasteiger partial charge is 0.296 e. The Bertz CT molecular complexity index is 888. The molecule has 2 saturated heterocycles. The van der Waals surface area contributed by atoms with E-state index < -0.39 is 10.2 Å². The summed E-state index contributed by atoms with van der Waals surface area (Å²) < 4.78 is 29.3. The smallest absolute Gasteiger partial charge is 0.282 e. The first-order valence-corrected chi connectivity index (χ1v) is 11.2. The molecule has 0 radical (unpaired) electrons. The van der Waals surface area contributed by atoms with Crippen LogP contribution in [0.5, 0.6) is 0 Å². The number of pyridine rings is 1. The summed E-state index contributed by atoms with van der Waals surface area (Å²) >= 11 is 0. The first-order valence-electron chi connectivity index (χ1n) is 9.84. The lowest BCUT2D eigenvalue weighted by atomic mass is 10.0. The molecule has 1 atom stereocenters. The molecule has 2 fully saturated rings. The van der Waals surface area contributed by atoms with Crippen LogP contribution < -0.4 is 0 Å². The van der Waals surface area contributed by atoms with E-state index in [1.807, 2.05) is 12.3 Å². The fraction of sp³-hybridized carbons (Fsp3) is 0.550. The Morgan fingerprint density at radius 1 is 1.04 bits per heavy atom. The minimum atomic E-state index is -3.32. The summed E-state index contributed by atoms with van der Waals surface area (Å²) in [5.41, 5.74) is 2.24. The maximum Gasteiger partial charge on any atom is 0.282 e. The van der Waals surface area contributed by atoms with Crippen molar-refractivity contribution in [2.24, 2.45) is 5.92 Å². The van der Waals surface area contributed by atoms with Crippen LogP contribution in [0.1, 0.15) is 25.3 Å². The predicted octanol–water partition coefficient (Wildman–Crippen LogP) is 2.33. The first-order chi connectivity index (χ1) is 13.0. The highest BCUT2D eigenvalue weighted by Crippen LogP contribution is 2.23. The second kappa shape index (κ2) is 7.83. The van der Waals surface area contributed by atoms with E-state index in [4.69, 9.17) is 0 Å². The number of nitrogens with zero attached hydrogens (tertiary/aromatic N) is 4. The van der Waals surface area contributed by atoms with E-state index in [1.54, 1.807) is 8.61 Å². The third-order valence-electron chi connectivity index (χ3n) is 5.71. The molecule has 2 aliphatic heterocycles. The summed E-state index contributed by atoms with van der Waals surface area (Å²) in [6.45, 7) is 6.90. The van der Waals surface area contributed by atoms with Crippen LogP contribution in [-0.2, 0) is 16.8 Å². The molecular weight excluding hydrogens is 360 g/mol. The number of piperidine rings is 1. The number of aromatic nitrogens is 1. The zero-order chi connectivity index (χ0) is 18.9. The maximum atomic E-state index is 12.9. The number of piperazine rings is 1. The van der Waals surface area contributed by atoms with Crippen molar-refractivity contribution >= 4 is 21.1 Å². The molecule has 1 aromatic heterocycles. The Kier molecular flexibility index (Phi) is 5.45.